The van der Waals surface area contributed by atoms with Crippen molar-refractivity contribution in [3.05, 3.63) is 0 Å². The van der Waals surface area contributed by atoms with Crippen LogP contribution in [-0.4, -0.2) is 26.9 Å². The second kappa shape index (κ2) is 3.55. The van der Waals surface area contributed by atoms with Crippen LogP contribution < -0.4 is 5.14 Å². The normalized spacial score (nSPS) is 28.7. The first-order chi connectivity index (χ1) is 5.79. The molecule has 4 nitrogen and oxygen atoms in total. The summed E-state index contributed by atoms with van der Waals surface area (Å²) in [5.74, 6) is -0.0525. The van der Waals surface area contributed by atoms with Crippen molar-refractivity contribution in [2.75, 3.05) is 12.4 Å². The molecule has 1 unspecified atom stereocenters. The fourth-order valence-corrected chi connectivity index (χ4v) is 2.22. The predicted molar refractivity (Wildman–Crippen MR) is 50.7 cm³/mol. The molecule has 13 heavy (non-hydrogen) atoms. The van der Waals surface area contributed by atoms with E-state index in [-0.39, 0.29) is 17.3 Å². The summed E-state index contributed by atoms with van der Waals surface area (Å²) in [4.78, 5) is 0. The summed E-state index contributed by atoms with van der Waals surface area (Å²) in [7, 11) is -3.39. The minimum Gasteiger partial charge on any atom is -0.377 e. The van der Waals surface area contributed by atoms with Gasteiger partial charge in [-0.3, -0.25) is 0 Å². The summed E-state index contributed by atoms with van der Waals surface area (Å²) in [6.45, 7) is 4.84. The quantitative estimate of drug-likeness (QED) is 0.716. The molecule has 0 amide bonds. The monoisotopic (exact) mass is 207 g/mol. The lowest BCUT2D eigenvalue weighted by Crippen LogP contribution is -2.37. The summed E-state index contributed by atoms with van der Waals surface area (Å²) >= 11 is 0. The van der Waals surface area contributed by atoms with E-state index in [1.54, 1.807) is 0 Å². The molecule has 1 rings (SSSR count). The van der Waals surface area contributed by atoms with E-state index < -0.39 is 10.0 Å². The zero-order chi connectivity index (χ0) is 10.1. The Labute approximate surface area is 79.5 Å². The second-order valence-electron chi connectivity index (χ2n) is 4.47. The van der Waals surface area contributed by atoms with Crippen molar-refractivity contribution in [1.29, 1.82) is 0 Å². The third-order valence-corrected chi connectivity index (χ3v) is 3.11. The molecule has 1 fully saturated rings. The van der Waals surface area contributed by atoms with Crippen LogP contribution >= 0.6 is 0 Å². The van der Waals surface area contributed by atoms with E-state index in [2.05, 4.69) is 13.8 Å². The maximum atomic E-state index is 10.8. The fraction of sp³-hybridized carbons (Fsp3) is 1.00. The topological polar surface area (TPSA) is 69.4 Å². The molecule has 0 bridgehead atoms. The van der Waals surface area contributed by atoms with Crippen LogP contribution in [0.2, 0.25) is 0 Å². The van der Waals surface area contributed by atoms with Gasteiger partial charge in [0.15, 0.2) is 0 Å². The lowest BCUT2D eigenvalue weighted by Gasteiger charge is -2.34. The Morgan fingerprint density at radius 3 is 2.54 bits per heavy atom. The average molecular weight is 207 g/mol. The lowest BCUT2D eigenvalue weighted by molar-refractivity contribution is -0.0370. The van der Waals surface area contributed by atoms with Gasteiger partial charge in [-0.1, -0.05) is 13.8 Å². The number of ether oxygens (including phenoxy) is 1. The SMILES string of the molecule is CC1(C)CCC(CS(N)(=O)=O)OC1. The van der Waals surface area contributed by atoms with Gasteiger partial charge in [0, 0.05) is 0 Å². The summed E-state index contributed by atoms with van der Waals surface area (Å²) < 4.78 is 26.9. The van der Waals surface area contributed by atoms with E-state index in [1.807, 2.05) is 0 Å². The van der Waals surface area contributed by atoms with Crippen LogP contribution in [0.5, 0.6) is 0 Å². The number of primary sulfonamides is 1. The molecule has 0 aromatic carbocycles. The molecule has 0 aliphatic carbocycles. The van der Waals surface area contributed by atoms with Gasteiger partial charge in [0.2, 0.25) is 10.0 Å². The van der Waals surface area contributed by atoms with Crippen LogP contribution in [0.3, 0.4) is 0 Å². The van der Waals surface area contributed by atoms with Crippen molar-refractivity contribution in [2.45, 2.75) is 32.8 Å². The molecule has 5 heteroatoms. The molecule has 0 spiro atoms. The van der Waals surface area contributed by atoms with Crippen LogP contribution in [0.25, 0.3) is 0 Å². The van der Waals surface area contributed by atoms with Gasteiger partial charge >= 0.3 is 0 Å². The molecule has 2 N–H and O–H groups in total. The third kappa shape index (κ3) is 4.06. The minimum atomic E-state index is -3.39. The van der Waals surface area contributed by atoms with E-state index in [4.69, 9.17) is 9.88 Å². The average Bonchev–Trinajstić information content (AvgIpc) is 1.91. The highest BCUT2D eigenvalue weighted by atomic mass is 32.2. The lowest BCUT2D eigenvalue weighted by atomic mass is 9.86. The van der Waals surface area contributed by atoms with Gasteiger partial charge in [-0.2, -0.15) is 0 Å². The van der Waals surface area contributed by atoms with Gasteiger partial charge in [0.1, 0.15) is 0 Å². The van der Waals surface area contributed by atoms with Crippen LogP contribution in [0.4, 0.5) is 0 Å². The van der Waals surface area contributed by atoms with E-state index in [1.165, 1.54) is 0 Å². The van der Waals surface area contributed by atoms with Crippen LogP contribution in [-0.2, 0) is 14.8 Å². The van der Waals surface area contributed by atoms with Crippen molar-refractivity contribution in [3.8, 4) is 0 Å². The Bertz CT molecular complexity index is 261. The largest absolute Gasteiger partial charge is 0.377 e. The zero-order valence-electron chi connectivity index (χ0n) is 8.12. The van der Waals surface area contributed by atoms with Gasteiger partial charge in [-0.25, -0.2) is 13.6 Å². The van der Waals surface area contributed by atoms with Gasteiger partial charge < -0.3 is 4.74 Å². The maximum absolute atomic E-state index is 10.8. The van der Waals surface area contributed by atoms with E-state index in [9.17, 15) is 8.42 Å². The molecule has 0 radical (unpaired) electrons. The first kappa shape index (κ1) is 10.9. The second-order valence-corrected chi connectivity index (χ2v) is 6.12. The molecule has 1 aliphatic heterocycles. The predicted octanol–water partition coefficient (Wildman–Crippen LogP) is 0.480. The molecule has 1 saturated heterocycles. The Balaban J connectivity index is 2.43. The molecular formula is C8H17NO3S. The third-order valence-electron chi connectivity index (χ3n) is 2.27. The highest BCUT2D eigenvalue weighted by molar-refractivity contribution is 7.89. The van der Waals surface area contributed by atoms with Crippen LogP contribution in [0, 0.1) is 5.41 Å². The molecule has 0 aromatic rings. The summed E-state index contributed by atoms with van der Waals surface area (Å²) in [6, 6.07) is 0. The van der Waals surface area contributed by atoms with E-state index in [0.29, 0.717) is 6.61 Å². The van der Waals surface area contributed by atoms with Crippen molar-refractivity contribution in [2.24, 2.45) is 10.6 Å². The smallest absolute Gasteiger partial charge is 0.211 e. The molecule has 1 heterocycles. The summed E-state index contributed by atoms with van der Waals surface area (Å²) in [5.41, 5.74) is 0.175. The van der Waals surface area contributed by atoms with Crippen molar-refractivity contribution in [3.63, 3.8) is 0 Å². The Morgan fingerprint density at radius 2 is 2.15 bits per heavy atom. The van der Waals surface area contributed by atoms with E-state index in [0.717, 1.165) is 12.8 Å². The Morgan fingerprint density at radius 1 is 1.54 bits per heavy atom. The number of rotatable bonds is 2. The van der Waals surface area contributed by atoms with Gasteiger partial charge in [0.25, 0.3) is 0 Å². The highest BCUT2D eigenvalue weighted by Gasteiger charge is 2.29. The Kier molecular flexibility index (Phi) is 2.99. The minimum absolute atomic E-state index is 0.0525. The van der Waals surface area contributed by atoms with Gasteiger partial charge in [-0.15, -0.1) is 0 Å². The number of hydrogen-bond acceptors (Lipinski definition) is 3. The molecule has 1 aliphatic rings. The molecule has 78 valence electrons. The number of hydrogen-bond donors (Lipinski definition) is 1. The zero-order valence-corrected chi connectivity index (χ0v) is 8.93. The molecule has 0 saturated carbocycles. The van der Waals surface area contributed by atoms with Gasteiger partial charge in [0.05, 0.1) is 18.5 Å². The molecule has 1 atom stereocenters. The first-order valence-corrected chi connectivity index (χ1v) is 6.12. The molecular weight excluding hydrogens is 190 g/mol. The van der Waals surface area contributed by atoms with Crippen LogP contribution in [0.15, 0.2) is 0 Å². The summed E-state index contributed by atoms with van der Waals surface area (Å²) in [5, 5.41) is 4.93. The van der Waals surface area contributed by atoms with Crippen molar-refractivity contribution >= 4 is 10.0 Å². The van der Waals surface area contributed by atoms with Crippen molar-refractivity contribution in [1.82, 2.24) is 0 Å². The first-order valence-electron chi connectivity index (χ1n) is 4.41. The molecule has 0 aromatic heterocycles. The Hall–Kier alpha value is -0.130. The van der Waals surface area contributed by atoms with Gasteiger partial charge in [-0.05, 0) is 18.3 Å². The maximum Gasteiger partial charge on any atom is 0.211 e. The highest BCUT2D eigenvalue weighted by Crippen LogP contribution is 2.29. The standard InChI is InChI=1S/C8H17NO3S/c1-8(2)4-3-7(12-6-8)5-13(9,10)11/h7H,3-6H2,1-2H3,(H2,9,10,11). The number of nitrogens with two attached hydrogens (primary N) is 1. The van der Waals surface area contributed by atoms with Crippen molar-refractivity contribution < 1.29 is 13.2 Å². The number of sulfonamides is 1. The fourth-order valence-electron chi connectivity index (χ4n) is 1.44. The van der Waals surface area contributed by atoms with Crippen LogP contribution in [0.1, 0.15) is 26.7 Å². The van der Waals surface area contributed by atoms with E-state index >= 15 is 0 Å². The summed E-state index contributed by atoms with van der Waals surface area (Å²) in [6.07, 6.45) is 1.57.